The fourth-order valence-electron chi connectivity index (χ4n) is 3.53. The lowest BCUT2D eigenvalue weighted by molar-refractivity contribution is -0.151. The predicted octanol–water partition coefficient (Wildman–Crippen LogP) is 3.64. The van der Waals surface area contributed by atoms with Crippen LogP contribution in [0.25, 0.3) is 0 Å². The maximum atomic E-state index is 12.8. The fourth-order valence-corrected chi connectivity index (χ4v) is 3.53. The number of hydrogen-bond donors (Lipinski definition) is 1. The molecule has 3 amide bonds. The highest BCUT2D eigenvalue weighted by Gasteiger charge is 2.43. The number of nitrogens with one attached hydrogen (secondary N) is 1. The molecule has 1 atom stereocenters. The number of carbonyl (C=O) groups excluding carboxylic acids is 4. The average molecular weight is 422 g/mol. The smallest absolute Gasteiger partial charge is 0.329 e. The monoisotopic (exact) mass is 422 g/mol. The number of fused-ring (bicyclic) bond motifs is 1. The van der Waals surface area contributed by atoms with Gasteiger partial charge in [0.15, 0.2) is 6.61 Å². The van der Waals surface area contributed by atoms with Crippen molar-refractivity contribution in [2.75, 3.05) is 11.9 Å². The molecule has 0 aromatic heterocycles. The van der Waals surface area contributed by atoms with Crippen LogP contribution in [-0.2, 0) is 14.3 Å². The number of rotatable bonds is 8. The van der Waals surface area contributed by atoms with E-state index in [0.29, 0.717) is 12.1 Å². The minimum atomic E-state index is -1.07. The van der Waals surface area contributed by atoms with E-state index in [1.807, 2.05) is 39.0 Å². The first kappa shape index (κ1) is 22.2. The molecule has 0 saturated carbocycles. The first-order valence-electron chi connectivity index (χ1n) is 10.3. The lowest BCUT2D eigenvalue weighted by Gasteiger charge is -2.24. The van der Waals surface area contributed by atoms with Gasteiger partial charge in [-0.2, -0.15) is 0 Å². The molecule has 0 fully saturated rings. The van der Waals surface area contributed by atoms with E-state index in [4.69, 9.17) is 4.74 Å². The van der Waals surface area contributed by atoms with Gasteiger partial charge in [-0.15, -0.1) is 0 Å². The predicted molar refractivity (Wildman–Crippen MR) is 116 cm³/mol. The number of aryl methyl sites for hydroxylation is 2. The maximum Gasteiger partial charge on any atom is 0.329 e. The average Bonchev–Trinajstić information content (AvgIpc) is 3.00. The number of ether oxygens (including phenoxy) is 1. The second-order valence-electron chi connectivity index (χ2n) is 7.66. The molecule has 1 aliphatic rings. The second-order valence-corrected chi connectivity index (χ2v) is 7.66. The number of unbranched alkanes of at least 4 members (excludes halogenated alkanes) is 1. The van der Waals surface area contributed by atoms with Gasteiger partial charge in [0.2, 0.25) is 0 Å². The summed E-state index contributed by atoms with van der Waals surface area (Å²) in [5.74, 6) is -2.28. The Labute approximate surface area is 181 Å². The Hall–Kier alpha value is -3.48. The first-order valence-corrected chi connectivity index (χ1v) is 10.3. The summed E-state index contributed by atoms with van der Waals surface area (Å²) in [4.78, 5) is 51.6. The summed E-state index contributed by atoms with van der Waals surface area (Å²) >= 11 is 0. The van der Waals surface area contributed by atoms with E-state index in [2.05, 4.69) is 5.32 Å². The second kappa shape index (κ2) is 9.55. The minimum absolute atomic E-state index is 0.273. The van der Waals surface area contributed by atoms with Gasteiger partial charge >= 0.3 is 5.97 Å². The summed E-state index contributed by atoms with van der Waals surface area (Å²) in [6, 6.07) is 11.1. The van der Waals surface area contributed by atoms with Crippen molar-refractivity contribution in [3.63, 3.8) is 0 Å². The largest absolute Gasteiger partial charge is 0.454 e. The zero-order chi connectivity index (χ0) is 22.5. The molecule has 7 nitrogen and oxygen atoms in total. The van der Waals surface area contributed by atoms with Gasteiger partial charge in [-0.05, 0) is 49.6 Å². The van der Waals surface area contributed by atoms with Crippen LogP contribution in [-0.4, -0.2) is 41.2 Å². The number of esters is 1. The van der Waals surface area contributed by atoms with Crippen LogP contribution in [0.15, 0.2) is 42.5 Å². The molecule has 1 heterocycles. The fraction of sp³-hybridized carbons (Fsp3) is 0.333. The SMILES string of the molecule is CCCC[C@@H](C(=O)OCC(=O)Nc1cc(C)ccc1C)N1C(=O)c2ccccc2C1=O. The lowest BCUT2D eigenvalue weighted by Crippen LogP contribution is -2.46. The van der Waals surface area contributed by atoms with Crippen LogP contribution < -0.4 is 5.32 Å². The van der Waals surface area contributed by atoms with Crippen LogP contribution >= 0.6 is 0 Å². The molecule has 7 heteroatoms. The van der Waals surface area contributed by atoms with Crippen LogP contribution in [0.1, 0.15) is 58.0 Å². The van der Waals surface area contributed by atoms with Gasteiger partial charge in [0.1, 0.15) is 6.04 Å². The van der Waals surface area contributed by atoms with E-state index < -0.39 is 36.3 Å². The van der Waals surface area contributed by atoms with Crippen molar-refractivity contribution in [3.05, 3.63) is 64.7 Å². The summed E-state index contributed by atoms with van der Waals surface area (Å²) in [6.45, 7) is 5.22. The number of benzene rings is 2. The van der Waals surface area contributed by atoms with Gasteiger partial charge in [-0.25, -0.2) is 4.79 Å². The Morgan fingerprint density at radius 3 is 2.29 bits per heavy atom. The van der Waals surface area contributed by atoms with Crippen molar-refractivity contribution in [3.8, 4) is 0 Å². The van der Waals surface area contributed by atoms with E-state index >= 15 is 0 Å². The van der Waals surface area contributed by atoms with Crippen LogP contribution in [0.2, 0.25) is 0 Å². The Morgan fingerprint density at radius 1 is 1.03 bits per heavy atom. The molecule has 1 aliphatic heterocycles. The highest BCUT2D eigenvalue weighted by molar-refractivity contribution is 6.22. The molecule has 2 aromatic carbocycles. The van der Waals surface area contributed by atoms with E-state index in [1.165, 1.54) is 0 Å². The Morgan fingerprint density at radius 2 is 1.68 bits per heavy atom. The number of imide groups is 1. The Balaban J connectivity index is 1.69. The molecule has 2 aromatic rings. The van der Waals surface area contributed by atoms with E-state index in [-0.39, 0.29) is 17.5 Å². The Bertz CT molecular complexity index is 995. The third-order valence-electron chi connectivity index (χ3n) is 5.25. The topological polar surface area (TPSA) is 92.8 Å². The van der Waals surface area contributed by atoms with Crippen molar-refractivity contribution in [1.82, 2.24) is 4.90 Å². The number of carbonyl (C=O) groups is 4. The molecular weight excluding hydrogens is 396 g/mol. The van der Waals surface area contributed by atoms with Crippen molar-refractivity contribution < 1.29 is 23.9 Å². The zero-order valence-corrected chi connectivity index (χ0v) is 17.9. The molecule has 0 aliphatic carbocycles. The van der Waals surface area contributed by atoms with E-state index in [9.17, 15) is 19.2 Å². The third-order valence-corrected chi connectivity index (χ3v) is 5.25. The van der Waals surface area contributed by atoms with Crippen LogP contribution in [0.4, 0.5) is 5.69 Å². The lowest BCUT2D eigenvalue weighted by atomic mass is 10.1. The van der Waals surface area contributed by atoms with Crippen LogP contribution in [0.5, 0.6) is 0 Å². The molecule has 0 spiro atoms. The number of nitrogens with zero attached hydrogens (tertiary/aromatic N) is 1. The van der Waals surface area contributed by atoms with Gasteiger partial charge < -0.3 is 10.1 Å². The molecule has 0 saturated heterocycles. The molecule has 0 radical (unpaired) electrons. The van der Waals surface area contributed by atoms with Crippen molar-refractivity contribution in [2.24, 2.45) is 0 Å². The Kier molecular flexibility index (Phi) is 6.84. The molecule has 31 heavy (non-hydrogen) atoms. The molecule has 0 unspecified atom stereocenters. The molecular formula is C24H26N2O5. The summed E-state index contributed by atoms with van der Waals surface area (Å²) in [5.41, 5.74) is 3.06. The van der Waals surface area contributed by atoms with Crippen LogP contribution in [0, 0.1) is 13.8 Å². The summed E-state index contributed by atoms with van der Waals surface area (Å²) in [6.07, 6.45) is 1.68. The van der Waals surface area contributed by atoms with E-state index in [0.717, 1.165) is 22.4 Å². The first-order chi connectivity index (χ1) is 14.8. The summed E-state index contributed by atoms with van der Waals surface area (Å²) in [7, 11) is 0. The molecule has 162 valence electrons. The highest BCUT2D eigenvalue weighted by Crippen LogP contribution is 2.27. The van der Waals surface area contributed by atoms with Gasteiger partial charge in [0, 0.05) is 5.69 Å². The van der Waals surface area contributed by atoms with Gasteiger partial charge in [-0.3, -0.25) is 19.3 Å². The third kappa shape index (κ3) is 4.82. The van der Waals surface area contributed by atoms with Gasteiger partial charge in [-0.1, -0.05) is 44.0 Å². The van der Waals surface area contributed by atoms with Crippen molar-refractivity contribution in [2.45, 2.75) is 46.1 Å². The van der Waals surface area contributed by atoms with Crippen molar-refractivity contribution >= 4 is 29.4 Å². The molecule has 1 N–H and O–H groups in total. The van der Waals surface area contributed by atoms with E-state index in [1.54, 1.807) is 24.3 Å². The standard InChI is InChI=1S/C24H26N2O5/c1-4-5-10-20(26-22(28)17-8-6-7-9-18(17)23(26)29)24(30)31-14-21(27)25-19-13-15(2)11-12-16(19)3/h6-9,11-13,20H,4-5,10,14H2,1-3H3,(H,25,27)/t20-/m0/s1. The summed E-state index contributed by atoms with van der Waals surface area (Å²) in [5, 5.41) is 2.73. The van der Waals surface area contributed by atoms with Crippen molar-refractivity contribution in [1.29, 1.82) is 0 Å². The zero-order valence-electron chi connectivity index (χ0n) is 17.9. The van der Waals surface area contributed by atoms with Gasteiger partial charge in [0.05, 0.1) is 11.1 Å². The minimum Gasteiger partial charge on any atom is -0.454 e. The maximum absolute atomic E-state index is 12.8. The molecule has 0 bridgehead atoms. The van der Waals surface area contributed by atoms with Crippen LogP contribution in [0.3, 0.4) is 0 Å². The number of anilines is 1. The quantitative estimate of drug-likeness (QED) is 0.518. The highest BCUT2D eigenvalue weighted by atomic mass is 16.5. The van der Waals surface area contributed by atoms with Gasteiger partial charge in [0.25, 0.3) is 17.7 Å². The molecule has 3 rings (SSSR count). The number of amides is 3. The number of hydrogen-bond acceptors (Lipinski definition) is 5. The normalized spacial score (nSPS) is 13.7. The summed E-state index contributed by atoms with van der Waals surface area (Å²) < 4.78 is 5.22.